The Morgan fingerprint density at radius 2 is 2.36 bits per heavy atom. The number of hydrogen-bond donors (Lipinski definition) is 3. The molecule has 0 spiro atoms. The van der Waals surface area contributed by atoms with Gasteiger partial charge < -0.3 is 21.0 Å². The van der Waals surface area contributed by atoms with E-state index in [4.69, 9.17) is 11.1 Å². The topological polar surface area (TPSA) is 109 Å². The first kappa shape index (κ1) is 16.6. The molecule has 0 atom stereocenters. The molecule has 0 aromatic carbocycles. The Hall–Kier alpha value is -1.75. The van der Waals surface area contributed by atoms with Crippen LogP contribution in [0.1, 0.15) is 16.1 Å². The molecule has 0 aliphatic heterocycles. The Bertz CT molecular complexity index is 788. The largest absolute Gasteiger partial charge is 0.401 e. The number of halogens is 1. The van der Waals surface area contributed by atoms with Crippen LogP contribution in [0.4, 0.5) is 0 Å². The van der Waals surface area contributed by atoms with Crippen molar-refractivity contribution in [1.82, 2.24) is 14.9 Å². The molecule has 2 aromatic rings. The highest BCUT2D eigenvalue weighted by Crippen LogP contribution is 2.30. The summed E-state index contributed by atoms with van der Waals surface area (Å²) in [6.07, 6.45) is 4.38. The fourth-order valence-corrected chi connectivity index (χ4v) is 3.72. The van der Waals surface area contributed by atoms with Gasteiger partial charge in [-0.1, -0.05) is 0 Å². The van der Waals surface area contributed by atoms with Crippen molar-refractivity contribution in [3.05, 3.63) is 26.0 Å². The summed E-state index contributed by atoms with van der Waals surface area (Å²) in [5, 5.41) is 10.3. The van der Waals surface area contributed by atoms with Crippen molar-refractivity contribution in [1.29, 1.82) is 5.41 Å². The van der Waals surface area contributed by atoms with Crippen LogP contribution in [-0.2, 0) is 7.05 Å². The lowest BCUT2D eigenvalue weighted by Crippen LogP contribution is -2.30. The maximum atomic E-state index is 12.4. The van der Waals surface area contributed by atoms with Crippen molar-refractivity contribution < 1.29 is 4.79 Å². The Labute approximate surface area is 145 Å². The van der Waals surface area contributed by atoms with Crippen molar-refractivity contribution in [2.24, 2.45) is 17.8 Å². The summed E-state index contributed by atoms with van der Waals surface area (Å²) in [6, 6.07) is 0. The number of allylic oxidation sites excluding steroid dienone is 1. The second-order valence-electron chi connectivity index (χ2n) is 4.42. The standard InChI is InChI=1S/C13H15IN6OS/c1-17-4-3-7(16)6-18-12(21)9-8(5-15)10-11(20(9)2)19-13(14)22-10/h3-5,15H,6,16H2,1-2H3,(H,18,21). The number of rotatable bonds is 5. The van der Waals surface area contributed by atoms with Crippen LogP contribution in [0.5, 0.6) is 0 Å². The lowest BCUT2D eigenvalue weighted by Gasteiger charge is -2.07. The molecule has 0 fully saturated rings. The smallest absolute Gasteiger partial charge is 0.269 e. The van der Waals surface area contributed by atoms with E-state index in [0.717, 1.165) is 7.71 Å². The van der Waals surface area contributed by atoms with Crippen LogP contribution < -0.4 is 11.1 Å². The monoisotopic (exact) mass is 430 g/mol. The van der Waals surface area contributed by atoms with Gasteiger partial charge in [-0.05, 0) is 28.7 Å². The molecule has 2 aromatic heterocycles. The van der Waals surface area contributed by atoms with Crippen LogP contribution in [-0.4, -0.2) is 41.5 Å². The molecule has 116 valence electrons. The SMILES string of the molecule is CN=CC=C(N)CNC(=O)c1c(C=N)c2sc(I)nc2n1C. The van der Waals surface area contributed by atoms with E-state index >= 15 is 0 Å². The molecule has 1 amide bonds. The fraction of sp³-hybridized carbons (Fsp3) is 0.231. The summed E-state index contributed by atoms with van der Waals surface area (Å²) in [7, 11) is 3.41. The predicted octanol–water partition coefficient (Wildman–Crippen LogP) is 1.51. The molecule has 9 heteroatoms. The number of carbonyl (C=O) groups is 1. The van der Waals surface area contributed by atoms with Crippen LogP contribution in [0.15, 0.2) is 16.8 Å². The lowest BCUT2D eigenvalue weighted by molar-refractivity contribution is 0.0949. The van der Waals surface area contributed by atoms with E-state index in [-0.39, 0.29) is 12.5 Å². The lowest BCUT2D eigenvalue weighted by atomic mass is 10.2. The van der Waals surface area contributed by atoms with Gasteiger partial charge in [0.05, 0.1) is 11.2 Å². The molecule has 22 heavy (non-hydrogen) atoms. The van der Waals surface area contributed by atoms with Crippen molar-refractivity contribution in [2.45, 2.75) is 0 Å². The number of hydrogen-bond acceptors (Lipinski definition) is 6. The van der Waals surface area contributed by atoms with Gasteiger partial charge in [0.25, 0.3) is 5.91 Å². The quantitative estimate of drug-likeness (QED) is 0.494. The molecular weight excluding hydrogens is 415 g/mol. The highest BCUT2D eigenvalue weighted by atomic mass is 127. The number of thiazole rings is 1. The number of amides is 1. The molecule has 2 rings (SSSR count). The molecule has 0 saturated carbocycles. The van der Waals surface area contributed by atoms with E-state index in [1.54, 1.807) is 31.0 Å². The van der Waals surface area contributed by atoms with Gasteiger partial charge >= 0.3 is 0 Å². The van der Waals surface area contributed by atoms with E-state index in [2.05, 4.69) is 37.9 Å². The van der Waals surface area contributed by atoms with Crippen LogP contribution in [0, 0.1) is 8.42 Å². The maximum absolute atomic E-state index is 12.4. The van der Waals surface area contributed by atoms with Crippen molar-refractivity contribution in [2.75, 3.05) is 13.6 Å². The van der Waals surface area contributed by atoms with Crippen LogP contribution >= 0.6 is 33.9 Å². The van der Waals surface area contributed by atoms with E-state index in [1.807, 2.05) is 0 Å². The third kappa shape index (κ3) is 3.19. The van der Waals surface area contributed by atoms with E-state index in [0.29, 0.717) is 22.6 Å². The Morgan fingerprint density at radius 1 is 1.64 bits per heavy atom. The van der Waals surface area contributed by atoms with Crippen LogP contribution in [0.25, 0.3) is 10.3 Å². The molecule has 2 heterocycles. The van der Waals surface area contributed by atoms with Gasteiger partial charge in [-0.25, -0.2) is 4.98 Å². The summed E-state index contributed by atoms with van der Waals surface area (Å²) in [4.78, 5) is 20.6. The second kappa shape index (κ2) is 7.01. The summed E-state index contributed by atoms with van der Waals surface area (Å²) in [5.74, 6) is -0.286. The fourth-order valence-electron chi connectivity index (χ4n) is 1.99. The van der Waals surface area contributed by atoms with E-state index < -0.39 is 0 Å². The van der Waals surface area contributed by atoms with Gasteiger partial charge in [0.1, 0.15) is 5.69 Å². The predicted molar refractivity (Wildman–Crippen MR) is 98.2 cm³/mol. The number of aromatic nitrogens is 2. The number of aryl methyl sites for hydroxylation is 1. The van der Waals surface area contributed by atoms with Crippen molar-refractivity contribution in [3.8, 4) is 0 Å². The van der Waals surface area contributed by atoms with Gasteiger partial charge in [-0.15, -0.1) is 11.3 Å². The van der Waals surface area contributed by atoms with Crippen LogP contribution in [0.3, 0.4) is 0 Å². The van der Waals surface area contributed by atoms with Gasteiger partial charge in [-0.3, -0.25) is 9.79 Å². The molecule has 4 N–H and O–H groups in total. The third-order valence-electron chi connectivity index (χ3n) is 2.99. The average Bonchev–Trinajstić information content (AvgIpc) is 2.99. The first-order valence-electron chi connectivity index (χ1n) is 6.29. The summed E-state index contributed by atoms with van der Waals surface area (Å²) < 4.78 is 3.42. The normalized spacial score (nSPS) is 12.2. The van der Waals surface area contributed by atoms with E-state index in [1.165, 1.54) is 17.6 Å². The van der Waals surface area contributed by atoms with Gasteiger partial charge in [0.2, 0.25) is 0 Å². The number of carbonyl (C=O) groups excluding carboxylic acids is 1. The molecular formula is C13H15IN6OS. The highest BCUT2D eigenvalue weighted by molar-refractivity contribution is 14.1. The third-order valence-corrected chi connectivity index (χ3v) is 4.75. The van der Waals surface area contributed by atoms with E-state index in [9.17, 15) is 4.79 Å². The van der Waals surface area contributed by atoms with Crippen molar-refractivity contribution >= 4 is 62.6 Å². The highest BCUT2D eigenvalue weighted by Gasteiger charge is 2.22. The van der Waals surface area contributed by atoms with Crippen molar-refractivity contribution in [3.63, 3.8) is 0 Å². The number of nitrogens with two attached hydrogens (primary N) is 1. The molecule has 0 saturated heterocycles. The number of aliphatic imine (C=N–C) groups is 1. The molecule has 0 aliphatic rings. The minimum absolute atomic E-state index is 0.214. The number of nitrogens with zero attached hydrogens (tertiary/aromatic N) is 3. The average molecular weight is 430 g/mol. The molecule has 0 radical (unpaired) electrons. The zero-order valence-electron chi connectivity index (χ0n) is 12.1. The Morgan fingerprint density at radius 3 is 3.00 bits per heavy atom. The zero-order chi connectivity index (χ0) is 16.3. The number of nitrogens with one attached hydrogen (secondary N) is 2. The second-order valence-corrected chi connectivity index (χ2v) is 7.17. The first-order chi connectivity index (χ1) is 10.5. The molecule has 7 nitrogen and oxygen atoms in total. The molecule has 0 bridgehead atoms. The van der Waals surface area contributed by atoms with Gasteiger partial charge in [0, 0.05) is 37.8 Å². The van der Waals surface area contributed by atoms with Gasteiger partial charge in [-0.2, -0.15) is 0 Å². The molecule has 0 aliphatic carbocycles. The number of fused-ring (bicyclic) bond motifs is 1. The van der Waals surface area contributed by atoms with Gasteiger partial charge in [0.15, 0.2) is 8.66 Å². The Balaban J connectivity index is 2.30. The first-order valence-corrected chi connectivity index (χ1v) is 8.19. The Kier molecular flexibility index (Phi) is 5.29. The maximum Gasteiger partial charge on any atom is 0.269 e. The minimum Gasteiger partial charge on any atom is -0.401 e. The minimum atomic E-state index is -0.286. The molecule has 0 unspecified atom stereocenters. The zero-order valence-corrected chi connectivity index (χ0v) is 15.0. The summed E-state index contributed by atoms with van der Waals surface area (Å²) in [5.41, 5.74) is 7.96. The van der Waals surface area contributed by atoms with Crippen LogP contribution in [0.2, 0.25) is 0 Å². The summed E-state index contributed by atoms with van der Waals surface area (Å²) in [6.45, 7) is 0.214. The summed E-state index contributed by atoms with van der Waals surface area (Å²) >= 11 is 3.59.